The summed E-state index contributed by atoms with van der Waals surface area (Å²) in [5, 5.41) is 2.96. The summed E-state index contributed by atoms with van der Waals surface area (Å²) in [5.41, 5.74) is 7.32. The van der Waals surface area contributed by atoms with Crippen LogP contribution in [-0.2, 0) is 9.53 Å². The van der Waals surface area contributed by atoms with E-state index in [0.29, 0.717) is 30.5 Å². The maximum absolute atomic E-state index is 10.4. The number of anilines is 2. The van der Waals surface area contributed by atoms with Crippen LogP contribution in [0, 0.1) is 0 Å². The Labute approximate surface area is 104 Å². The van der Waals surface area contributed by atoms with E-state index in [9.17, 15) is 4.79 Å². The van der Waals surface area contributed by atoms with Crippen LogP contribution in [0.25, 0.3) is 0 Å². The van der Waals surface area contributed by atoms with Gasteiger partial charge in [-0.25, -0.2) is 15.8 Å². The predicted molar refractivity (Wildman–Crippen MR) is 64.9 cm³/mol. The first-order valence-corrected chi connectivity index (χ1v) is 5.14. The molecule has 1 heterocycles. The number of nitrogens with one attached hydrogen (secondary N) is 2. The van der Waals surface area contributed by atoms with Crippen molar-refractivity contribution in [3.8, 4) is 5.75 Å². The molecule has 9 heteroatoms. The van der Waals surface area contributed by atoms with E-state index < -0.39 is 5.91 Å². The minimum atomic E-state index is -0.510. The molecule has 1 rings (SSSR count). The molecule has 18 heavy (non-hydrogen) atoms. The van der Waals surface area contributed by atoms with Crippen molar-refractivity contribution in [1.29, 1.82) is 0 Å². The van der Waals surface area contributed by atoms with Crippen LogP contribution in [0.15, 0.2) is 6.33 Å². The van der Waals surface area contributed by atoms with Crippen molar-refractivity contribution in [3.05, 3.63) is 6.33 Å². The summed E-state index contributed by atoms with van der Waals surface area (Å²) in [5.74, 6) is 6.01. The lowest BCUT2D eigenvalue weighted by Crippen LogP contribution is -2.21. The Hall–Kier alpha value is -2.13. The fraction of sp³-hybridized carbons (Fsp3) is 0.444. The maximum Gasteiger partial charge on any atom is 0.243 e. The number of carbonyl (C=O) groups excluding carboxylic acids is 1. The zero-order valence-corrected chi connectivity index (χ0v) is 9.97. The second-order valence-corrected chi connectivity index (χ2v) is 3.19. The first-order chi connectivity index (χ1) is 8.69. The predicted octanol–water partition coefficient (Wildman–Crippen LogP) is -1.32. The van der Waals surface area contributed by atoms with Crippen molar-refractivity contribution >= 4 is 17.5 Å². The average molecular weight is 256 g/mol. The third kappa shape index (κ3) is 4.03. The van der Waals surface area contributed by atoms with E-state index in [1.54, 1.807) is 0 Å². The fourth-order valence-electron chi connectivity index (χ4n) is 1.21. The van der Waals surface area contributed by atoms with Gasteiger partial charge in [0.25, 0.3) is 0 Å². The highest BCUT2D eigenvalue weighted by Crippen LogP contribution is 2.27. The number of hydrazine groups is 1. The molecule has 0 saturated heterocycles. The van der Waals surface area contributed by atoms with E-state index in [4.69, 9.17) is 21.1 Å². The fourth-order valence-corrected chi connectivity index (χ4v) is 1.21. The second-order valence-electron chi connectivity index (χ2n) is 3.19. The molecular weight excluding hydrogens is 240 g/mol. The summed E-state index contributed by atoms with van der Waals surface area (Å²) in [6, 6.07) is 0. The van der Waals surface area contributed by atoms with E-state index in [1.165, 1.54) is 13.4 Å². The van der Waals surface area contributed by atoms with Crippen LogP contribution in [-0.4, -0.2) is 42.7 Å². The standard InChI is InChI=1S/C9H16N6O3/c1-17-7-8(13-5-14-9(7)15-11)12-2-3-18-4-6(10)16/h5H,2-4,11H2,1H3,(H2,10,16)(H2,12,13,14,15). The average Bonchev–Trinajstić information content (AvgIpc) is 2.37. The summed E-state index contributed by atoms with van der Waals surface area (Å²) in [7, 11) is 1.48. The maximum atomic E-state index is 10.4. The molecule has 0 atom stereocenters. The van der Waals surface area contributed by atoms with Gasteiger partial charge in [-0.2, -0.15) is 0 Å². The Morgan fingerprint density at radius 1 is 1.44 bits per heavy atom. The number of aromatic nitrogens is 2. The Morgan fingerprint density at radius 3 is 2.78 bits per heavy atom. The van der Waals surface area contributed by atoms with Crippen LogP contribution in [0.5, 0.6) is 5.75 Å². The highest BCUT2D eigenvalue weighted by atomic mass is 16.5. The minimum absolute atomic E-state index is 0.113. The second kappa shape index (κ2) is 7.25. The summed E-state index contributed by atoms with van der Waals surface area (Å²) in [4.78, 5) is 18.3. The molecular formula is C9H16N6O3. The van der Waals surface area contributed by atoms with Crippen molar-refractivity contribution in [2.24, 2.45) is 11.6 Å². The zero-order valence-electron chi connectivity index (χ0n) is 9.97. The number of primary amides is 1. The molecule has 0 bridgehead atoms. The summed E-state index contributed by atoms with van der Waals surface area (Å²) >= 11 is 0. The quantitative estimate of drug-likeness (QED) is 0.255. The monoisotopic (exact) mass is 256 g/mol. The van der Waals surface area contributed by atoms with E-state index in [1.807, 2.05) is 0 Å². The van der Waals surface area contributed by atoms with Crippen molar-refractivity contribution in [2.45, 2.75) is 0 Å². The number of methoxy groups -OCH3 is 1. The summed E-state index contributed by atoms with van der Waals surface area (Å²) in [6.45, 7) is 0.629. The molecule has 100 valence electrons. The number of nitrogen functional groups attached to an aromatic ring is 1. The molecule has 0 aliphatic carbocycles. The third-order valence-corrected chi connectivity index (χ3v) is 1.93. The largest absolute Gasteiger partial charge is 0.490 e. The molecule has 1 aromatic heterocycles. The molecule has 0 saturated carbocycles. The summed E-state index contributed by atoms with van der Waals surface area (Å²) in [6.07, 6.45) is 1.34. The molecule has 6 N–H and O–H groups in total. The van der Waals surface area contributed by atoms with Gasteiger partial charge in [0.05, 0.1) is 13.7 Å². The van der Waals surface area contributed by atoms with Gasteiger partial charge < -0.3 is 25.9 Å². The van der Waals surface area contributed by atoms with Crippen LogP contribution >= 0.6 is 0 Å². The number of rotatable bonds is 8. The van der Waals surface area contributed by atoms with Gasteiger partial charge in [0, 0.05) is 6.54 Å². The Bertz CT molecular complexity index is 400. The Kier molecular flexibility index (Phi) is 5.61. The lowest BCUT2D eigenvalue weighted by Gasteiger charge is -2.12. The third-order valence-electron chi connectivity index (χ3n) is 1.93. The lowest BCUT2D eigenvalue weighted by atomic mass is 10.4. The van der Waals surface area contributed by atoms with E-state index >= 15 is 0 Å². The van der Waals surface area contributed by atoms with E-state index in [-0.39, 0.29) is 6.61 Å². The number of hydrogen-bond acceptors (Lipinski definition) is 8. The Morgan fingerprint density at radius 2 is 2.17 bits per heavy atom. The van der Waals surface area contributed by atoms with E-state index in [2.05, 4.69) is 20.7 Å². The normalized spacial score (nSPS) is 9.89. The Balaban J connectivity index is 2.49. The number of ether oxygens (including phenoxy) is 2. The van der Waals surface area contributed by atoms with Crippen molar-refractivity contribution < 1.29 is 14.3 Å². The van der Waals surface area contributed by atoms with Crippen LogP contribution in [0.4, 0.5) is 11.6 Å². The van der Waals surface area contributed by atoms with Crippen LogP contribution in [0.2, 0.25) is 0 Å². The molecule has 0 aromatic carbocycles. The van der Waals surface area contributed by atoms with Crippen LogP contribution < -0.4 is 27.1 Å². The van der Waals surface area contributed by atoms with Crippen LogP contribution in [0.1, 0.15) is 0 Å². The van der Waals surface area contributed by atoms with Crippen molar-refractivity contribution in [2.75, 3.05) is 37.6 Å². The zero-order chi connectivity index (χ0) is 13.4. The van der Waals surface area contributed by atoms with Gasteiger partial charge >= 0.3 is 0 Å². The molecule has 0 fully saturated rings. The SMILES string of the molecule is COc1c(NN)ncnc1NCCOCC(N)=O. The van der Waals surface area contributed by atoms with Gasteiger partial charge in [-0.05, 0) is 0 Å². The topological polar surface area (TPSA) is 137 Å². The first-order valence-electron chi connectivity index (χ1n) is 5.14. The smallest absolute Gasteiger partial charge is 0.243 e. The van der Waals surface area contributed by atoms with Gasteiger partial charge in [0.15, 0.2) is 11.6 Å². The molecule has 0 radical (unpaired) electrons. The highest BCUT2D eigenvalue weighted by molar-refractivity contribution is 5.74. The van der Waals surface area contributed by atoms with Gasteiger partial charge in [-0.3, -0.25) is 4.79 Å². The minimum Gasteiger partial charge on any atom is -0.490 e. The van der Waals surface area contributed by atoms with E-state index in [0.717, 1.165) is 0 Å². The number of hydrogen-bond donors (Lipinski definition) is 4. The van der Waals surface area contributed by atoms with Gasteiger partial charge in [-0.1, -0.05) is 0 Å². The van der Waals surface area contributed by atoms with Gasteiger partial charge in [-0.15, -0.1) is 0 Å². The van der Waals surface area contributed by atoms with Crippen LogP contribution in [0.3, 0.4) is 0 Å². The molecule has 0 aliphatic heterocycles. The number of nitrogens with zero attached hydrogens (tertiary/aromatic N) is 2. The van der Waals surface area contributed by atoms with Crippen molar-refractivity contribution in [1.82, 2.24) is 9.97 Å². The number of carbonyl (C=O) groups is 1. The lowest BCUT2D eigenvalue weighted by molar-refractivity contribution is -0.122. The highest BCUT2D eigenvalue weighted by Gasteiger charge is 2.10. The summed E-state index contributed by atoms with van der Waals surface area (Å²) < 4.78 is 10.1. The molecule has 0 aliphatic rings. The molecule has 0 unspecified atom stereocenters. The molecule has 1 aromatic rings. The number of nitrogens with two attached hydrogens (primary N) is 2. The first kappa shape index (κ1) is 13.9. The molecule has 0 spiro atoms. The van der Waals surface area contributed by atoms with Crippen molar-refractivity contribution in [3.63, 3.8) is 0 Å². The number of amides is 1. The van der Waals surface area contributed by atoms with Gasteiger partial charge in [0.2, 0.25) is 11.7 Å². The van der Waals surface area contributed by atoms with Gasteiger partial charge in [0.1, 0.15) is 12.9 Å². The molecule has 9 nitrogen and oxygen atoms in total. The molecule has 1 amide bonds.